The summed E-state index contributed by atoms with van der Waals surface area (Å²) in [6.45, 7) is 0. The standard InChI is InChI=1S/C16H13N5O2/c1-21(2)16(23)10-6-4-3-5-9(10)13-11(7-17)14(19)20-15(22)12(13)8-18/h3-6H,1-2H3,(H3,19,20,22). The minimum atomic E-state index is -0.703. The Morgan fingerprint density at radius 2 is 1.78 bits per heavy atom. The number of nitrogens with zero attached hydrogens (tertiary/aromatic N) is 3. The third kappa shape index (κ3) is 2.63. The molecule has 0 atom stereocenters. The van der Waals surface area contributed by atoms with Crippen LogP contribution in [0.4, 0.5) is 5.82 Å². The molecule has 2 aromatic rings. The van der Waals surface area contributed by atoms with Crippen molar-refractivity contribution in [3.63, 3.8) is 0 Å². The summed E-state index contributed by atoms with van der Waals surface area (Å²) in [5.41, 5.74) is 5.36. The van der Waals surface area contributed by atoms with Gasteiger partial charge in [-0.1, -0.05) is 18.2 Å². The Hall–Kier alpha value is -3.58. The van der Waals surface area contributed by atoms with Gasteiger partial charge in [0.2, 0.25) is 0 Å². The van der Waals surface area contributed by atoms with E-state index in [1.165, 1.54) is 4.90 Å². The Balaban J connectivity index is 2.95. The first kappa shape index (κ1) is 15.8. The quantitative estimate of drug-likeness (QED) is 0.858. The molecule has 0 radical (unpaired) electrons. The number of carbonyl (C=O) groups is 1. The van der Waals surface area contributed by atoms with Crippen molar-refractivity contribution in [1.82, 2.24) is 9.88 Å². The molecule has 0 bridgehead atoms. The highest BCUT2D eigenvalue weighted by atomic mass is 16.2. The second-order valence-electron chi connectivity index (χ2n) is 4.96. The molecular formula is C16H13N5O2. The van der Waals surface area contributed by atoms with Gasteiger partial charge in [-0.2, -0.15) is 10.5 Å². The Kier molecular flexibility index (Phi) is 4.15. The number of nitriles is 2. The van der Waals surface area contributed by atoms with Crippen LogP contribution in [0.2, 0.25) is 0 Å². The van der Waals surface area contributed by atoms with Crippen LogP contribution in [0.15, 0.2) is 29.1 Å². The number of hydrogen-bond acceptors (Lipinski definition) is 5. The van der Waals surface area contributed by atoms with Gasteiger partial charge in [0, 0.05) is 25.2 Å². The predicted molar refractivity (Wildman–Crippen MR) is 84.4 cm³/mol. The SMILES string of the molecule is CN(C)C(=O)c1ccccc1-c1c(C#N)c(N)[nH]c(=O)c1C#N. The Morgan fingerprint density at radius 3 is 2.35 bits per heavy atom. The largest absolute Gasteiger partial charge is 0.384 e. The highest BCUT2D eigenvalue weighted by Crippen LogP contribution is 2.31. The average molecular weight is 307 g/mol. The summed E-state index contributed by atoms with van der Waals surface area (Å²) in [5, 5.41) is 18.6. The van der Waals surface area contributed by atoms with E-state index in [2.05, 4.69) is 4.98 Å². The second kappa shape index (κ2) is 6.04. The number of aromatic nitrogens is 1. The van der Waals surface area contributed by atoms with Crippen LogP contribution in [0.5, 0.6) is 0 Å². The number of amides is 1. The highest BCUT2D eigenvalue weighted by Gasteiger charge is 2.22. The molecule has 23 heavy (non-hydrogen) atoms. The maximum atomic E-state index is 12.4. The lowest BCUT2D eigenvalue weighted by Gasteiger charge is -2.16. The number of nitrogens with two attached hydrogens (primary N) is 1. The topological polar surface area (TPSA) is 127 Å². The van der Waals surface area contributed by atoms with E-state index in [-0.39, 0.29) is 34.0 Å². The molecule has 0 spiro atoms. The molecule has 114 valence electrons. The summed E-state index contributed by atoms with van der Waals surface area (Å²) in [6, 6.07) is 10.1. The molecule has 2 rings (SSSR count). The molecule has 0 aliphatic heterocycles. The van der Waals surface area contributed by atoms with Crippen molar-refractivity contribution in [3.05, 3.63) is 51.3 Å². The molecular weight excluding hydrogens is 294 g/mol. The maximum Gasteiger partial charge on any atom is 0.268 e. The molecule has 0 saturated heterocycles. The van der Waals surface area contributed by atoms with E-state index in [9.17, 15) is 20.1 Å². The van der Waals surface area contributed by atoms with Gasteiger partial charge in [0.15, 0.2) is 0 Å². The number of pyridine rings is 1. The van der Waals surface area contributed by atoms with E-state index in [0.717, 1.165) is 0 Å². The van der Waals surface area contributed by atoms with Crippen LogP contribution in [0, 0.1) is 22.7 Å². The molecule has 1 aromatic carbocycles. The molecule has 7 heteroatoms. The van der Waals surface area contributed by atoms with Crippen molar-refractivity contribution in [2.45, 2.75) is 0 Å². The van der Waals surface area contributed by atoms with Crippen molar-refractivity contribution < 1.29 is 4.79 Å². The van der Waals surface area contributed by atoms with Crippen molar-refractivity contribution >= 4 is 11.7 Å². The predicted octanol–water partition coefficient (Wildman–Crippen LogP) is 1.07. The number of hydrogen-bond donors (Lipinski definition) is 2. The zero-order valence-corrected chi connectivity index (χ0v) is 12.5. The zero-order chi connectivity index (χ0) is 17.1. The van der Waals surface area contributed by atoms with E-state index >= 15 is 0 Å². The van der Waals surface area contributed by atoms with Crippen LogP contribution in [-0.2, 0) is 0 Å². The van der Waals surface area contributed by atoms with Crippen LogP contribution in [0.25, 0.3) is 11.1 Å². The maximum absolute atomic E-state index is 12.4. The number of nitrogen functional groups attached to an aromatic ring is 1. The summed E-state index contributed by atoms with van der Waals surface area (Å²) >= 11 is 0. The third-order valence-corrected chi connectivity index (χ3v) is 3.30. The smallest absolute Gasteiger partial charge is 0.268 e. The van der Waals surface area contributed by atoms with E-state index in [1.54, 1.807) is 44.4 Å². The third-order valence-electron chi connectivity index (χ3n) is 3.30. The fourth-order valence-electron chi connectivity index (χ4n) is 2.24. The monoisotopic (exact) mass is 307 g/mol. The van der Waals surface area contributed by atoms with Crippen LogP contribution >= 0.6 is 0 Å². The number of aromatic amines is 1. The van der Waals surface area contributed by atoms with Crippen molar-refractivity contribution in [1.29, 1.82) is 10.5 Å². The van der Waals surface area contributed by atoms with Crippen molar-refractivity contribution in [2.24, 2.45) is 0 Å². The van der Waals surface area contributed by atoms with Gasteiger partial charge in [0.1, 0.15) is 29.1 Å². The molecule has 0 aliphatic carbocycles. The average Bonchev–Trinajstić information content (AvgIpc) is 2.53. The van der Waals surface area contributed by atoms with E-state index in [1.807, 2.05) is 6.07 Å². The van der Waals surface area contributed by atoms with E-state index in [0.29, 0.717) is 5.56 Å². The molecule has 1 heterocycles. The van der Waals surface area contributed by atoms with Gasteiger partial charge in [-0.15, -0.1) is 0 Å². The normalized spacial score (nSPS) is 9.74. The summed E-state index contributed by atoms with van der Waals surface area (Å²) in [7, 11) is 3.17. The van der Waals surface area contributed by atoms with Crippen LogP contribution < -0.4 is 11.3 Å². The van der Waals surface area contributed by atoms with Crippen LogP contribution in [0.1, 0.15) is 21.5 Å². The molecule has 0 fully saturated rings. The fraction of sp³-hybridized carbons (Fsp3) is 0.125. The second-order valence-corrected chi connectivity index (χ2v) is 4.96. The summed E-state index contributed by atoms with van der Waals surface area (Å²) in [6.07, 6.45) is 0. The van der Waals surface area contributed by atoms with Crippen LogP contribution in [0.3, 0.4) is 0 Å². The molecule has 0 aliphatic rings. The minimum Gasteiger partial charge on any atom is -0.384 e. The van der Waals surface area contributed by atoms with Crippen molar-refractivity contribution in [2.75, 3.05) is 19.8 Å². The lowest BCUT2D eigenvalue weighted by atomic mass is 9.92. The van der Waals surface area contributed by atoms with Gasteiger partial charge in [-0.05, 0) is 11.6 Å². The van der Waals surface area contributed by atoms with Gasteiger partial charge in [-0.25, -0.2) is 0 Å². The lowest BCUT2D eigenvalue weighted by Crippen LogP contribution is -2.23. The molecule has 1 amide bonds. The van der Waals surface area contributed by atoms with Gasteiger partial charge in [0.25, 0.3) is 11.5 Å². The number of benzene rings is 1. The highest BCUT2D eigenvalue weighted by molar-refractivity contribution is 6.02. The summed E-state index contributed by atoms with van der Waals surface area (Å²) < 4.78 is 0. The van der Waals surface area contributed by atoms with Gasteiger partial charge >= 0.3 is 0 Å². The summed E-state index contributed by atoms with van der Waals surface area (Å²) in [4.78, 5) is 28.0. The Bertz CT molecular complexity index is 929. The first-order valence-corrected chi connectivity index (χ1v) is 6.59. The molecule has 0 unspecified atom stereocenters. The van der Waals surface area contributed by atoms with Gasteiger partial charge in [0.05, 0.1) is 0 Å². The number of anilines is 1. The number of nitrogens with one attached hydrogen (secondary N) is 1. The number of carbonyl (C=O) groups excluding carboxylic acids is 1. The Morgan fingerprint density at radius 1 is 1.17 bits per heavy atom. The van der Waals surface area contributed by atoms with E-state index in [4.69, 9.17) is 5.73 Å². The number of rotatable bonds is 2. The fourth-order valence-corrected chi connectivity index (χ4v) is 2.24. The van der Waals surface area contributed by atoms with Gasteiger partial charge < -0.3 is 15.6 Å². The molecule has 1 aromatic heterocycles. The molecule has 3 N–H and O–H groups in total. The van der Waals surface area contributed by atoms with Crippen molar-refractivity contribution in [3.8, 4) is 23.3 Å². The lowest BCUT2D eigenvalue weighted by molar-refractivity contribution is 0.0828. The Labute approximate surface area is 132 Å². The first-order valence-electron chi connectivity index (χ1n) is 6.59. The van der Waals surface area contributed by atoms with Gasteiger partial charge in [-0.3, -0.25) is 9.59 Å². The first-order chi connectivity index (χ1) is 10.9. The van der Waals surface area contributed by atoms with E-state index < -0.39 is 5.56 Å². The zero-order valence-electron chi connectivity index (χ0n) is 12.5. The number of H-pyrrole nitrogens is 1. The minimum absolute atomic E-state index is 0.0415. The van der Waals surface area contributed by atoms with Crippen LogP contribution in [-0.4, -0.2) is 29.9 Å². The molecule has 0 saturated carbocycles. The summed E-state index contributed by atoms with van der Waals surface area (Å²) in [5.74, 6) is -0.453. The molecule has 7 nitrogen and oxygen atoms in total.